The number of anilines is 1. The molecule has 1 aromatic heterocycles. The number of nitro benzene ring substituents is 1. The van der Waals surface area contributed by atoms with Gasteiger partial charge in [-0.1, -0.05) is 72.8 Å². The van der Waals surface area contributed by atoms with E-state index in [1.807, 2.05) is 36.4 Å². The Hall–Kier alpha value is -6.50. The first kappa shape index (κ1) is 39.3. The number of hydrogen-bond acceptors (Lipinski definition) is 9. The summed E-state index contributed by atoms with van der Waals surface area (Å²) < 4.78 is 11.3. The third-order valence-corrected chi connectivity index (χ3v) is 8.08. The summed E-state index contributed by atoms with van der Waals surface area (Å²) in [6.07, 6.45) is 2.53. The molecule has 1 heterocycles. The number of aliphatic carboxylic acids is 1. The number of carboxylic acid groups (broad SMARTS) is 1. The van der Waals surface area contributed by atoms with Crippen LogP contribution in [0.3, 0.4) is 0 Å². The summed E-state index contributed by atoms with van der Waals surface area (Å²) in [5.41, 5.74) is -0.0117. The first-order valence-corrected chi connectivity index (χ1v) is 16.7. The Balaban J connectivity index is 1.77. The number of carbonyl (C=O) groups is 4. The zero-order valence-corrected chi connectivity index (χ0v) is 29.7. The van der Waals surface area contributed by atoms with E-state index in [9.17, 15) is 39.5 Å². The summed E-state index contributed by atoms with van der Waals surface area (Å²) in [6.45, 7) is 6.26. The van der Waals surface area contributed by atoms with Gasteiger partial charge in [0, 0.05) is 42.7 Å². The summed E-state index contributed by atoms with van der Waals surface area (Å²) in [7, 11) is 0. The smallest absolute Gasteiger partial charge is 0.339 e. The number of nitrogens with one attached hydrogen (secondary N) is 1. The molecule has 0 radical (unpaired) electrons. The molecule has 3 N–H and O–H groups in total. The topological polar surface area (TPSA) is 190 Å². The minimum absolute atomic E-state index is 0.0222. The molecule has 0 saturated heterocycles. The van der Waals surface area contributed by atoms with Crippen LogP contribution in [-0.4, -0.2) is 62.0 Å². The zero-order valence-electron chi connectivity index (χ0n) is 29.7. The molecule has 0 fully saturated rings. The van der Waals surface area contributed by atoms with Gasteiger partial charge >= 0.3 is 11.9 Å². The van der Waals surface area contributed by atoms with Gasteiger partial charge in [0.05, 0.1) is 16.9 Å². The maximum absolute atomic E-state index is 14.2. The Morgan fingerprint density at radius 3 is 2.13 bits per heavy atom. The van der Waals surface area contributed by atoms with Gasteiger partial charge in [-0.3, -0.25) is 24.5 Å². The average Bonchev–Trinajstić information content (AvgIpc) is 3.60. The Labute approximate surface area is 306 Å². The molecular weight excluding hydrogens is 682 g/mol. The number of rotatable bonds is 15. The van der Waals surface area contributed by atoms with Gasteiger partial charge in [-0.05, 0) is 63.1 Å². The number of furan rings is 1. The van der Waals surface area contributed by atoms with Crippen molar-refractivity contribution in [2.45, 2.75) is 58.1 Å². The Morgan fingerprint density at radius 1 is 0.925 bits per heavy atom. The molecule has 13 nitrogen and oxygen atoms in total. The van der Waals surface area contributed by atoms with Crippen molar-refractivity contribution >= 4 is 41.2 Å². The van der Waals surface area contributed by atoms with E-state index in [0.717, 1.165) is 5.56 Å². The molecule has 2 amide bonds. The second-order valence-corrected chi connectivity index (χ2v) is 13.2. The summed E-state index contributed by atoms with van der Waals surface area (Å²) in [4.78, 5) is 64.3. The minimum atomic E-state index is -1.47. The number of nitrogens with zero attached hydrogens (tertiary/aromatic N) is 2. The lowest BCUT2D eigenvalue weighted by molar-refractivity contribution is -0.384. The van der Waals surface area contributed by atoms with E-state index in [2.05, 4.69) is 5.32 Å². The molecule has 4 aromatic rings. The molecule has 13 heteroatoms. The summed E-state index contributed by atoms with van der Waals surface area (Å²) in [6, 6.07) is 26.0. The Bertz CT molecular complexity index is 1980. The Kier molecular flexibility index (Phi) is 13.1. The number of para-hydroxylation sites is 1. The van der Waals surface area contributed by atoms with Crippen LogP contribution in [0.5, 0.6) is 0 Å². The normalized spacial score (nSPS) is 13.1. The fourth-order valence-corrected chi connectivity index (χ4v) is 5.48. The molecule has 0 aliphatic carbocycles. The largest absolute Gasteiger partial charge is 0.503 e. The van der Waals surface area contributed by atoms with E-state index in [-0.39, 0.29) is 24.4 Å². The monoisotopic (exact) mass is 723 g/mol. The number of aliphatic hydroxyl groups excluding tert-OH is 1. The molecule has 0 unspecified atom stereocenters. The number of nitro groups is 1. The van der Waals surface area contributed by atoms with Crippen molar-refractivity contribution in [1.29, 1.82) is 0 Å². The lowest BCUT2D eigenvalue weighted by Gasteiger charge is -2.34. The molecule has 4 rings (SSSR count). The van der Waals surface area contributed by atoms with Crippen LogP contribution in [-0.2, 0) is 25.5 Å². The van der Waals surface area contributed by atoms with E-state index in [0.29, 0.717) is 17.0 Å². The van der Waals surface area contributed by atoms with Gasteiger partial charge < -0.3 is 29.6 Å². The van der Waals surface area contributed by atoms with E-state index >= 15 is 0 Å². The quantitative estimate of drug-likeness (QED) is 0.0368. The van der Waals surface area contributed by atoms with Gasteiger partial charge in [-0.15, -0.1) is 0 Å². The van der Waals surface area contributed by atoms with Crippen LogP contribution in [0.1, 0.15) is 67.5 Å². The molecule has 2 atom stereocenters. The van der Waals surface area contributed by atoms with Crippen LogP contribution in [0.25, 0.3) is 6.08 Å². The zero-order chi connectivity index (χ0) is 38.7. The number of hydrogen-bond donors (Lipinski definition) is 3. The highest BCUT2D eigenvalue weighted by Crippen LogP contribution is 2.31. The number of aliphatic hydroxyl groups is 1. The van der Waals surface area contributed by atoms with E-state index < -0.39 is 64.0 Å². The number of carboxylic acids is 1. The fraction of sp³-hybridized carbons (Fsp3) is 0.250. The van der Waals surface area contributed by atoms with Crippen molar-refractivity contribution in [1.82, 2.24) is 4.90 Å². The van der Waals surface area contributed by atoms with E-state index in [1.54, 1.807) is 82.3 Å². The predicted octanol–water partition coefficient (Wildman–Crippen LogP) is 7.33. The van der Waals surface area contributed by atoms with Crippen molar-refractivity contribution < 1.29 is 43.5 Å². The molecule has 0 aliphatic rings. The second-order valence-electron chi connectivity index (χ2n) is 13.2. The highest BCUT2D eigenvalue weighted by atomic mass is 16.6. The van der Waals surface area contributed by atoms with E-state index in [1.165, 1.54) is 23.1 Å². The molecule has 0 bridgehead atoms. The van der Waals surface area contributed by atoms with Crippen LogP contribution < -0.4 is 5.32 Å². The van der Waals surface area contributed by atoms with Gasteiger partial charge in [-0.25, -0.2) is 4.79 Å². The van der Waals surface area contributed by atoms with Crippen molar-refractivity contribution in [3.05, 3.63) is 147 Å². The number of benzene rings is 3. The number of carbonyl (C=O) groups excluding carboxylic acids is 3. The van der Waals surface area contributed by atoms with Crippen molar-refractivity contribution in [3.63, 3.8) is 0 Å². The van der Waals surface area contributed by atoms with Crippen molar-refractivity contribution in [3.8, 4) is 0 Å². The molecule has 53 heavy (non-hydrogen) atoms. The van der Waals surface area contributed by atoms with Gasteiger partial charge in [0.2, 0.25) is 0 Å². The predicted molar refractivity (Wildman–Crippen MR) is 197 cm³/mol. The molecular formula is C40H41N3O10. The summed E-state index contributed by atoms with van der Waals surface area (Å²) >= 11 is 0. The number of ether oxygens (including phenoxy) is 1. The molecule has 0 spiro atoms. The summed E-state index contributed by atoms with van der Waals surface area (Å²) in [5, 5.41) is 35.1. The standard InChI is InChI=1S/C40H41N3O10/c1-26(42(23-11-14-27-12-7-5-8-13-27)38(48)36(46)33(25-35(44)45)39(49)53-40(2,3)4)32(28-17-19-30(20-18-28)43(50)51)24-31-21-22-34(52-31)37(47)41-29-15-9-6-10-16-29/h5-22,26,32,46H,23-25H2,1-4H3,(H,41,47)(H,44,45)/b14-11+,36-33?/t26-,32+/m1/s1. The fourth-order valence-electron chi connectivity index (χ4n) is 5.48. The molecule has 276 valence electrons. The van der Waals surface area contributed by atoms with Gasteiger partial charge in [0.15, 0.2) is 11.5 Å². The maximum Gasteiger partial charge on any atom is 0.339 e. The molecule has 0 aliphatic heterocycles. The highest BCUT2D eigenvalue weighted by Gasteiger charge is 2.35. The number of non-ortho nitro benzene ring substituents is 1. The van der Waals surface area contributed by atoms with Crippen LogP contribution in [0, 0.1) is 10.1 Å². The van der Waals surface area contributed by atoms with Crippen molar-refractivity contribution in [2.24, 2.45) is 0 Å². The van der Waals surface area contributed by atoms with Gasteiger partial charge in [0.25, 0.3) is 17.5 Å². The van der Waals surface area contributed by atoms with E-state index in [4.69, 9.17) is 9.15 Å². The maximum atomic E-state index is 14.2. The number of amides is 2. The molecule has 3 aromatic carbocycles. The first-order valence-electron chi connectivity index (χ1n) is 16.7. The number of esters is 1. The third-order valence-electron chi connectivity index (χ3n) is 8.08. The lowest BCUT2D eigenvalue weighted by Crippen LogP contribution is -2.44. The molecule has 0 saturated carbocycles. The van der Waals surface area contributed by atoms with Crippen molar-refractivity contribution in [2.75, 3.05) is 11.9 Å². The SMILES string of the molecule is C[C@H]([C@H](Cc1ccc(C(=O)Nc2ccccc2)o1)c1ccc([N+](=O)[O-])cc1)N(C/C=C/c1ccccc1)C(=O)C(O)=C(CC(=O)O)C(=O)OC(C)(C)C. The minimum Gasteiger partial charge on any atom is -0.503 e. The van der Waals surface area contributed by atoms with Crippen LogP contribution in [0.15, 0.2) is 119 Å². The lowest BCUT2D eigenvalue weighted by atomic mass is 9.87. The Morgan fingerprint density at radius 2 is 1.55 bits per heavy atom. The van der Waals surface area contributed by atoms with Crippen LogP contribution in [0.2, 0.25) is 0 Å². The van der Waals surface area contributed by atoms with Crippen LogP contribution in [0.4, 0.5) is 11.4 Å². The van der Waals surface area contributed by atoms with Gasteiger partial charge in [0.1, 0.15) is 11.4 Å². The highest BCUT2D eigenvalue weighted by molar-refractivity contribution is 6.04. The van der Waals surface area contributed by atoms with Gasteiger partial charge in [-0.2, -0.15) is 0 Å². The summed E-state index contributed by atoms with van der Waals surface area (Å²) in [5.74, 6) is -5.57. The average molecular weight is 724 g/mol. The third kappa shape index (κ3) is 11.2. The second kappa shape index (κ2) is 17.6. The van der Waals surface area contributed by atoms with Crippen LogP contribution >= 0.6 is 0 Å². The first-order chi connectivity index (χ1) is 25.1.